The van der Waals surface area contributed by atoms with E-state index in [-0.39, 0.29) is 11.9 Å². The summed E-state index contributed by atoms with van der Waals surface area (Å²) in [6.45, 7) is 0.661. The third kappa shape index (κ3) is 3.31. The van der Waals surface area contributed by atoms with Gasteiger partial charge in [0.15, 0.2) is 0 Å². The van der Waals surface area contributed by atoms with Gasteiger partial charge in [0.25, 0.3) is 11.7 Å². The third-order valence-electron chi connectivity index (χ3n) is 4.56. The van der Waals surface area contributed by atoms with Crippen LogP contribution in [0.3, 0.4) is 0 Å². The summed E-state index contributed by atoms with van der Waals surface area (Å²) >= 11 is 0.478. The van der Waals surface area contributed by atoms with E-state index < -0.39 is 5.76 Å². The van der Waals surface area contributed by atoms with E-state index in [4.69, 9.17) is 0 Å². The minimum atomic E-state index is -2.47. The highest BCUT2D eigenvalue weighted by atomic mass is 32.2. The fourth-order valence-corrected chi connectivity index (χ4v) is 3.87. The van der Waals surface area contributed by atoms with Crippen molar-refractivity contribution in [1.82, 2.24) is 14.9 Å². The molecule has 134 valence electrons. The number of hydrogen-bond acceptors (Lipinski definition) is 3. The van der Waals surface area contributed by atoms with Crippen molar-refractivity contribution in [3.05, 3.63) is 59.9 Å². The lowest BCUT2D eigenvalue weighted by atomic mass is 10.1. The zero-order chi connectivity index (χ0) is 18.1. The minimum absolute atomic E-state index is 0.0926. The average Bonchev–Trinajstić information content (AvgIpc) is 3.27. The molecule has 4 nitrogen and oxygen atoms in total. The lowest BCUT2D eigenvalue weighted by Gasteiger charge is -2.23. The van der Waals surface area contributed by atoms with Crippen LogP contribution in [-0.4, -0.2) is 33.1 Å². The van der Waals surface area contributed by atoms with Crippen LogP contribution in [0.15, 0.2) is 53.4 Å². The smallest absolute Gasteiger partial charge is 0.288 e. The van der Waals surface area contributed by atoms with Gasteiger partial charge in [-0.2, -0.15) is 8.78 Å². The first-order valence-corrected chi connectivity index (χ1v) is 9.30. The van der Waals surface area contributed by atoms with Gasteiger partial charge in [0.05, 0.1) is 17.1 Å². The maximum Gasteiger partial charge on any atom is 0.288 e. The topological polar surface area (TPSA) is 49.0 Å². The summed E-state index contributed by atoms with van der Waals surface area (Å²) in [6, 6.07) is 14.0. The predicted molar refractivity (Wildman–Crippen MR) is 97.4 cm³/mol. The summed E-state index contributed by atoms with van der Waals surface area (Å²) in [5.41, 5.74) is 2.34. The first-order valence-electron chi connectivity index (χ1n) is 8.42. The van der Waals surface area contributed by atoms with Gasteiger partial charge in [-0.05, 0) is 49.2 Å². The van der Waals surface area contributed by atoms with Crippen molar-refractivity contribution in [2.75, 3.05) is 6.54 Å². The molecule has 1 aliphatic heterocycles. The molecule has 3 aromatic rings. The molecule has 1 atom stereocenters. The first-order chi connectivity index (χ1) is 12.6. The second kappa shape index (κ2) is 7.07. The quantitative estimate of drug-likeness (QED) is 0.665. The summed E-state index contributed by atoms with van der Waals surface area (Å²) in [7, 11) is 0. The molecule has 7 heteroatoms. The number of likely N-dealkylation sites (tertiary alicyclic amines) is 1. The van der Waals surface area contributed by atoms with Crippen LogP contribution in [0.5, 0.6) is 0 Å². The number of nitrogens with one attached hydrogen (secondary N) is 1. The lowest BCUT2D eigenvalue weighted by Crippen LogP contribution is -2.31. The molecule has 1 aliphatic rings. The predicted octanol–water partition coefficient (Wildman–Crippen LogP) is 4.85. The molecule has 0 radical (unpaired) electrons. The Kier molecular flexibility index (Phi) is 4.63. The Labute approximate surface area is 153 Å². The molecule has 0 bridgehead atoms. The molecule has 2 aromatic carbocycles. The largest absolute Gasteiger partial charge is 0.340 e. The number of carbonyl (C=O) groups is 1. The summed E-state index contributed by atoms with van der Waals surface area (Å²) in [5, 5.41) is 0. The zero-order valence-electron chi connectivity index (χ0n) is 13.9. The van der Waals surface area contributed by atoms with Gasteiger partial charge in [-0.25, -0.2) is 4.98 Å². The van der Waals surface area contributed by atoms with Crippen molar-refractivity contribution in [1.29, 1.82) is 0 Å². The van der Waals surface area contributed by atoms with Crippen LogP contribution >= 0.6 is 11.8 Å². The van der Waals surface area contributed by atoms with E-state index in [1.807, 2.05) is 29.2 Å². The van der Waals surface area contributed by atoms with E-state index in [0.29, 0.717) is 28.8 Å². The third-order valence-corrected chi connectivity index (χ3v) is 5.29. The molecule has 0 aliphatic carbocycles. The Bertz CT molecular complexity index is 893. The number of aromatic nitrogens is 2. The normalized spacial score (nSPS) is 17.3. The van der Waals surface area contributed by atoms with E-state index in [0.717, 1.165) is 29.7 Å². The molecule has 0 saturated carbocycles. The van der Waals surface area contributed by atoms with Crippen LogP contribution < -0.4 is 0 Å². The molecule has 1 N–H and O–H groups in total. The number of carbonyl (C=O) groups excluding carboxylic acids is 1. The van der Waals surface area contributed by atoms with E-state index in [1.165, 1.54) is 0 Å². The molecular formula is C19H17F2N3OS. The molecule has 1 fully saturated rings. The maximum absolute atomic E-state index is 12.9. The molecule has 1 aromatic heterocycles. The Hall–Kier alpha value is -2.41. The number of imidazole rings is 1. The number of fused-ring (bicyclic) bond motifs is 1. The van der Waals surface area contributed by atoms with Crippen LogP contribution in [0, 0.1) is 0 Å². The van der Waals surface area contributed by atoms with Gasteiger partial charge in [-0.1, -0.05) is 23.9 Å². The first kappa shape index (κ1) is 17.0. The minimum Gasteiger partial charge on any atom is -0.340 e. The number of nitrogens with zero attached hydrogens (tertiary/aromatic N) is 2. The monoisotopic (exact) mass is 373 g/mol. The highest BCUT2D eigenvalue weighted by molar-refractivity contribution is 7.99. The van der Waals surface area contributed by atoms with Crippen molar-refractivity contribution in [3.63, 3.8) is 0 Å². The summed E-state index contributed by atoms with van der Waals surface area (Å²) < 4.78 is 24.9. The van der Waals surface area contributed by atoms with Gasteiger partial charge in [0.1, 0.15) is 5.82 Å². The molecule has 1 unspecified atom stereocenters. The zero-order valence-corrected chi connectivity index (χ0v) is 14.7. The summed E-state index contributed by atoms with van der Waals surface area (Å²) in [5.74, 6) is -1.77. The Morgan fingerprint density at radius 2 is 1.96 bits per heavy atom. The maximum atomic E-state index is 12.9. The fraction of sp³-hybridized carbons (Fsp3) is 0.263. The second-order valence-electron chi connectivity index (χ2n) is 6.20. The Balaban J connectivity index is 1.56. The molecular weight excluding hydrogens is 356 g/mol. The van der Waals surface area contributed by atoms with Crippen molar-refractivity contribution in [2.24, 2.45) is 0 Å². The van der Waals surface area contributed by atoms with Gasteiger partial charge in [-0.3, -0.25) is 4.79 Å². The standard InChI is InChI=1S/C19H17F2N3OS/c20-19(21)26-13-9-7-12(8-10-13)18(25)24-11-3-6-16(24)17-22-14-4-1-2-5-15(14)23-17/h1-2,4-5,7-10,16,19H,3,6,11H2,(H,22,23). The van der Waals surface area contributed by atoms with Gasteiger partial charge in [0, 0.05) is 17.0 Å². The van der Waals surface area contributed by atoms with E-state index in [9.17, 15) is 13.6 Å². The number of alkyl halides is 2. The van der Waals surface area contributed by atoms with Crippen molar-refractivity contribution in [3.8, 4) is 0 Å². The van der Waals surface area contributed by atoms with Crippen LogP contribution in [0.25, 0.3) is 11.0 Å². The molecule has 2 heterocycles. The van der Waals surface area contributed by atoms with Crippen LogP contribution in [0.4, 0.5) is 8.78 Å². The molecule has 4 rings (SSSR count). The number of amides is 1. The number of H-pyrrole nitrogens is 1. The number of thioether (sulfide) groups is 1. The number of halogens is 2. The highest BCUT2D eigenvalue weighted by Gasteiger charge is 2.32. The molecule has 0 spiro atoms. The molecule has 1 amide bonds. The van der Waals surface area contributed by atoms with E-state index >= 15 is 0 Å². The second-order valence-corrected chi connectivity index (χ2v) is 7.26. The van der Waals surface area contributed by atoms with Crippen molar-refractivity contribution >= 4 is 28.7 Å². The lowest BCUT2D eigenvalue weighted by molar-refractivity contribution is 0.0730. The highest BCUT2D eigenvalue weighted by Crippen LogP contribution is 2.33. The summed E-state index contributed by atoms with van der Waals surface area (Å²) in [4.78, 5) is 23.1. The van der Waals surface area contributed by atoms with Crippen LogP contribution in [0.2, 0.25) is 0 Å². The number of rotatable bonds is 4. The SMILES string of the molecule is O=C(c1ccc(SC(F)F)cc1)N1CCCC1c1nc2ccccc2[nH]1. The van der Waals surface area contributed by atoms with Crippen molar-refractivity contribution in [2.45, 2.75) is 29.5 Å². The van der Waals surface area contributed by atoms with Crippen LogP contribution in [-0.2, 0) is 0 Å². The number of aromatic amines is 1. The Morgan fingerprint density at radius 3 is 2.69 bits per heavy atom. The Morgan fingerprint density at radius 1 is 1.19 bits per heavy atom. The fourth-order valence-electron chi connectivity index (χ4n) is 3.37. The van der Waals surface area contributed by atoms with Gasteiger partial charge >= 0.3 is 0 Å². The number of para-hydroxylation sites is 2. The molecule has 1 saturated heterocycles. The van der Waals surface area contributed by atoms with Crippen LogP contribution in [0.1, 0.15) is 35.1 Å². The molecule has 26 heavy (non-hydrogen) atoms. The number of hydrogen-bond donors (Lipinski definition) is 1. The van der Waals surface area contributed by atoms with Gasteiger partial charge < -0.3 is 9.88 Å². The number of benzene rings is 2. The van der Waals surface area contributed by atoms with Gasteiger partial charge in [-0.15, -0.1) is 0 Å². The van der Waals surface area contributed by atoms with E-state index in [2.05, 4.69) is 9.97 Å². The van der Waals surface area contributed by atoms with Crippen molar-refractivity contribution < 1.29 is 13.6 Å². The summed E-state index contributed by atoms with van der Waals surface area (Å²) in [6.07, 6.45) is 1.76. The van der Waals surface area contributed by atoms with E-state index in [1.54, 1.807) is 24.3 Å². The van der Waals surface area contributed by atoms with Gasteiger partial charge in [0.2, 0.25) is 0 Å². The average molecular weight is 373 g/mol.